The zero-order chi connectivity index (χ0) is 11.5. The summed E-state index contributed by atoms with van der Waals surface area (Å²) in [6, 6.07) is 0. The largest absolute Gasteiger partial charge is 0.388 e. The van der Waals surface area contributed by atoms with E-state index in [-0.39, 0.29) is 30.4 Å². The Morgan fingerprint density at radius 1 is 1.06 bits per heavy atom. The molecule has 0 saturated heterocycles. The molecule has 0 unspecified atom stereocenters. The molecule has 0 amide bonds. The number of ketones is 1. The molecule has 0 aliphatic carbocycles. The topological polar surface area (TPSA) is 115 Å². The number of H-pyrrole nitrogens is 2. The van der Waals surface area contributed by atoms with Crippen LogP contribution in [0.2, 0.25) is 0 Å². The third-order valence-electron chi connectivity index (χ3n) is 2.03. The lowest BCUT2D eigenvalue weighted by molar-refractivity contribution is 0.103. The maximum atomic E-state index is 11.8. The molecule has 2 aromatic rings. The maximum Gasteiger partial charge on any atom is 0.232 e. The van der Waals surface area contributed by atoms with Crippen LogP contribution in [0.1, 0.15) is 27.8 Å². The number of hydrogen-bond acceptors (Lipinski definition) is 5. The Kier molecular flexibility index (Phi) is 2.80. The van der Waals surface area contributed by atoms with Gasteiger partial charge in [-0.1, -0.05) is 0 Å². The third-order valence-corrected chi connectivity index (χ3v) is 2.03. The molecule has 4 N–H and O–H groups in total. The van der Waals surface area contributed by atoms with Gasteiger partial charge < -0.3 is 20.2 Å². The minimum absolute atomic E-state index is 0.181. The SMILES string of the molecule is O=C(c1c[nH]c(CO)n1)c1c[nH]c(CO)n1. The number of nitrogens with zero attached hydrogens (tertiary/aromatic N) is 2. The number of carbonyl (C=O) groups excluding carboxylic acids is 1. The van der Waals surface area contributed by atoms with E-state index in [0.29, 0.717) is 11.6 Å². The van der Waals surface area contributed by atoms with Crippen molar-refractivity contribution in [2.24, 2.45) is 0 Å². The molecule has 7 heteroatoms. The number of aliphatic hydroxyl groups excluding tert-OH is 2. The molecule has 16 heavy (non-hydrogen) atoms. The minimum atomic E-state index is -0.369. The van der Waals surface area contributed by atoms with Crippen LogP contribution in [0.3, 0.4) is 0 Å². The Morgan fingerprint density at radius 3 is 1.81 bits per heavy atom. The van der Waals surface area contributed by atoms with Crippen LogP contribution in [-0.4, -0.2) is 35.9 Å². The van der Waals surface area contributed by atoms with Crippen molar-refractivity contribution >= 4 is 5.78 Å². The van der Waals surface area contributed by atoms with E-state index < -0.39 is 0 Å². The van der Waals surface area contributed by atoms with Crippen molar-refractivity contribution in [3.63, 3.8) is 0 Å². The highest BCUT2D eigenvalue weighted by Gasteiger charge is 2.15. The first-order valence-electron chi connectivity index (χ1n) is 4.59. The molecule has 0 radical (unpaired) electrons. The monoisotopic (exact) mass is 222 g/mol. The first kappa shape index (κ1) is 10.5. The van der Waals surface area contributed by atoms with Crippen molar-refractivity contribution in [2.45, 2.75) is 13.2 Å². The number of imidazole rings is 2. The first-order chi connectivity index (χ1) is 7.74. The molecule has 2 rings (SSSR count). The normalized spacial score (nSPS) is 10.6. The van der Waals surface area contributed by atoms with Gasteiger partial charge in [0.1, 0.15) is 36.3 Å². The van der Waals surface area contributed by atoms with E-state index in [1.807, 2.05) is 0 Å². The van der Waals surface area contributed by atoms with Gasteiger partial charge in [-0.25, -0.2) is 9.97 Å². The van der Waals surface area contributed by atoms with Gasteiger partial charge in [0.2, 0.25) is 5.78 Å². The standard InChI is InChI=1S/C9H10N4O3/c14-3-7-10-1-5(12-7)9(16)6-2-11-8(4-15)13-6/h1-2,14-15H,3-4H2,(H,10,12)(H,11,13). The minimum Gasteiger partial charge on any atom is -0.388 e. The van der Waals surface area contributed by atoms with E-state index in [1.54, 1.807) is 0 Å². The number of aromatic amines is 2. The number of hydrogen-bond donors (Lipinski definition) is 4. The molecular weight excluding hydrogens is 212 g/mol. The number of carbonyl (C=O) groups is 1. The predicted octanol–water partition coefficient (Wildman–Crippen LogP) is -0.652. The fourth-order valence-corrected chi connectivity index (χ4v) is 1.25. The smallest absolute Gasteiger partial charge is 0.232 e. The second-order valence-electron chi connectivity index (χ2n) is 3.11. The molecule has 0 bridgehead atoms. The highest BCUT2D eigenvalue weighted by molar-refractivity contribution is 6.06. The van der Waals surface area contributed by atoms with Crippen molar-refractivity contribution in [1.29, 1.82) is 0 Å². The second kappa shape index (κ2) is 4.25. The summed E-state index contributed by atoms with van der Waals surface area (Å²) in [7, 11) is 0. The van der Waals surface area contributed by atoms with Crippen molar-refractivity contribution in [3.05, 3.63) is 35.4 Å². The molecule has 0 atom stereocenters. The highest BCUT2D eigenvalue weighted by Crippen LogP contribution is 2.06. The van der Waals surface area contributed by atoms with E-state index >= 15 is 0 Å². The Hall–Kier alpha value is -1.99. The average Bonchev–Trinajstić information content (AvgIpc) is 2.97. The molecular formula is C9H10N4O3. The molecule has 84 valence electrons. The average molecular weight is 222 g/mol. The molecule has 2 heterocycles. The summed E-state index contributed by atoms with van der Waals surface area (Å²) in [5.74, 6) is 0.273. The number of nitrogens with one attached hydrogen (secondary N) is 2. The summed E-state index contributed by atoms with van der Waals surface area (Å²) in [5, 5.41) is 17.6. The van der Waals surface area contributed by atoms with Gasteiger partial charge in [0.25, 0.3) is 0 Å². The predicted molar refractivity (Wildman–Crippen MR) is 52.5 cm³/mol. The highest BCUT2D eigenvalue weighted by atomic mass is 16.3. The van der Waals surface area contributed by atoms with Gasteiger partial charge in [-0.15, -0.1) is 0 Å². The van der Waals surface area contributed by atoms with Crippen LogP contribution in [0.5, 0.6) is 0 Å². The lowest BCUT2D eigenvalue weighted by Crippen LogP contribution is -2.03. The molecule has 0 aliphatic heterocycles. The molecule has 7 nitrogen and oxygen atoms in total. The molecule has 2 aromatic heterocycles. The Balaban J connectivity index is 2.24. The first-order valence-corrected chi connectivity index (χ1v) is 4.59. The summed E-state index contributed by atoms with van der Waals surface area (Å²) >= 11 is 0. The zero-order valence-electron chi connectivity index (χ0n) is 8.27. The van der Waals surface area contributed by atoms with E-state index in [9.17, 15) is 4.79 Å². The van der Waals surface area contributed by atoms with Crippen LogP contribution in [0.15, 0.2) is 12.4 Å². The number of rotatable bonds is 4. The van der Waals surface area contributed by atoms with Crippen LogP contribution in [-0.2, 0) is 13.2 Å². The van der Waals surface area contributed by atoms with Gasteiger partial charge in [0.15, 0.2) is 0 Å². The fourth-order valence-electron chi connectivity index (χ4n) is 1.25. The van der Waals surface area contributed by atoms with Crippen molar-refractivity contribution < 1.29 is 15.0 Å². The Morgan fingerprint density at radius 2 is 1.50 bits per heavy atom. The third kappa shape index (κ3) is 1.86. The summed E-state index contributed by atoms with van der Waals surface area (Å²) in [5.41, 5.74) is 0.361. The fraction of sp³-hybridized carbons (Fsp3) is 0.222. The zero-order valence-corrected chi connectivity index (χ0v) is 8.27. The molecule has 0 spiro atoms. The summed E-state index contributed by atoms with van der Waals surface area (Å²) in [6.07, 6.45) is 2.81. The van der Waals surface area contributed by atoms with Crippen LogP contribution in [0.4, 0.5) is 0 Å². The van der Waals surface area contributed by atoms with Gasteiger partial charge in [-0.2, -0.15) is 0 Å². The van der Waals surface area contributed by atoms with Gasteiger partial charge in [0, 0.05) is 12.4 Å². The summed E-state index contributed by atoms with van der Waals surface area (Å²) in [6.45, 7) is -0.508. The Labute approximate surface area is 90.2 Å². The number of aromatic nitrogens is 4. The van der Waals surface area contributed by atoms with Gasteiger partial charge >= 0.3 is 0 Å². The van der Waals surface area contributed by atoms with Crippen LogP contribution < -0.4 is 0 Å². The Bertz CT molecular complexity index is 458. The van der Waals surface area contributed by atoms with E-state index in [0.717, 1.165) is 0 Å². The lowest BCUT2D eigenvalue weighted by atomic mass is 10.2. The molecule has 0 aliphatic rings. The maximum absolute atomic E-state index is 11.8. The van der Waals surface area contributed by atoms with Crippen LogP contribution >= 0.6 is 0 Å². The second-order valence-corrected chi connectivity index (χ2v) is 3.11. The van der Waals surface area contributed by atoms with Gasteiger partial charge in [0.05, 0.1) is 0 Å². The summed E-state index contributed by atoms with van der Waals surface area (Å²) < 4.78 is 0. The molecule has 0 fully saturated rings. The summed E-state index contributed by atoms with van der Waals surface area (Å²) in [4.78, 5) is 24.8. The van der Waals surface area contributed by atoms with Crippen LogP contribution in [0, 0.1) is 0 Å². The van der Waals surface area contributed by atoms with E-state index in [2.05, 4.69) is 19.9 Å². The van der Waals surface area contributed by atoms with Crippen molar-refractivity contribution in [3.8, 4) is 0 Å². The van der Waals surface area contributed by atoms with E-state index in [1.165, 1.54) is 12.4 Å². The quantitative estimate of drug-likeness (QED) is 0.513. The van der Waals surface area contributed by atoms with Crippen molar-refractivity contribution in [1.82, 2.24) is 19.9 Å². The molecule has 0 aromatic carbocycles. The van der Waals surface area contributed by atoms with Gasteiger partial charge in [-0.05, 0) is 0 Å². The molecule has 0 saturated carbocycles. The van der Waals surface area contributed by atoms with Crippen molar-refractivity contribution in [2.75, 3.05) is 0 Å². The van der Waals surface area contributed by atoms with Gasteiger partial charge in [-0.3, -0.25) is 4.79 Å². The number of aliphatic hydroxyl groups is 2. The lowest BCUT2D eigenvalue weighted by Gasteiger charge is -1.90. The van der Waals surface area contributed by atoms with E-state index in [4.69, 9.17) is 10.2 Å². The van der Waals surface area contributed by atoms with Crippen LogP contribution in [0.25, 0.3) is 0 Å².